The van der Waals surface area contributed by atoms with Crippen LogP contribution in [0.15, 0.2) is 77.4 Å². The molecule has 0 bridgehead atoms. The minimum atomic E-state index is 0.479. The van der Waals surface area contributed by atoms with Crippen LogP contribution in [0.4, 0.5) is 0 Å². The van der Waals surface area contributed by atoms with Gasteiger partial charge in [-0.1, -0.05) is 29.4 Å². The molecule has 5 aromatic rings. The Morgan fingerprint density at radius 3 is 2.52 bits per heavy atom. The van der Waals surface area contributed by atoms with E-state index in [2.05, 4.69) is 21.3 Å². The molecule has 5 rings (SSSR count). The summed E-state index contributed by atoms with van der Waals surface area (Å²) in [6.07, 6.45) is 2.39. The maximum Gasteiger partial charge on any atom is 0.257 e. The number of ether oxygens (including phenoxy) is 2. The van der Waals surface area contributed by atoms with E-state index in [0.717, 1.165) is 27.7 Å². The van der Waals surface area contributed by atoms with Crippen molar-refractivity contribution in [2.24, 2.45) is 0 Å². The molecule has 7 nitrogen and oxygen atoms in total. The normalized spacial score (nSPS) is 11.0. The van der Waals surface area contributed by atoms with E-state index in [9.17, 15) is 0 Å². The fourth-order valence-corrected chi connectivity index (χ4v) is 3.54. The number of benzene rings is 3. The third-order valence-electron chi connectivity index (χ3n) is 5.11. The molecule has 0 aliphatic rings. The zero-order chi connectivity index (χ0) is 21.2. The number of nitrogens with zero attached hydrogens (tertiary/aromatic N) is 4. The summed E-state index contributed by atoms with van der Waals surface area (Å²) in [7, 11) is 3.23. The van der Waals surface area contributed by atoms with E-state index < -0.39 is 0 Å². The molecule has 0 fully saturated rings. The fraction of sp³-hybridized carbons (Fsp3) is 0.125. The lowest BCUT2D eigenvalue weighted by atomic mass is 10.1. The molecule has 0 radical (unpaired) electrons. The summed E-state index contributed by atoms with van der Waals surface area (Å²) >= 11 is 0. The molecule has 2 heterocycles. The van der Waals surface area contributed by atoms with Crippen molar-refractivity contribution in [3.05, 3.63) is 84.3 Å². The minimum absolute atomic E-state index is 0.479. The fourth-order valence-electron chi connectivity index (χ4n) is 3.54. The highest BCUT2D eigenvalue weighted by Crippen LogP contribution is 2.28. The molecule has 7 heteroatoms. The molecule has 2 aromatic heterocycles. The second-order valence-electron chi connectivity index (χ2n) is 7.04. The van der Waals surface area contributed by atoms with Crippen molar-refractivity contribution in [3.63, 3.8) is 0 Å². The number of hydrogen-bond acceptors (Lipinski definition) is 6. The molecule has 0 unspecified atom stereocenters. The average molecular weight is 412 g/mol. The summed E-state index contributed by atoms with van der Waals surface area (Å²) in [6.45, 7) is 0. The van der Waals surface area contributed by atoms with Gasteiger partial charge in [-0.3, -0.25) is 0 Å². The zero-order valence-corrected chi connectivity index (χ0v) is 17.1. The van der Waals surface area contributed by atoms with Crippen LogP contribution < -0.4 is 9.47 Å². The predicted octanol–water partition coefficient (Wildman–Crippen LogP) is 4.68. The Morgan fingerprint density at radius 1 is 0.903 bits per heavy atom. The van der Waals surface area contributed by atoms with Crippen LogP contribution in [0.3, 0.4) is 0 Å². The van der Waals surface area contributed by atoms with Gasteiger partial charge in [0.05, 0.1) is 31.6 Å². The van der Waals surface area contributed by atoms with E-state index in [1.807, 2.05) is 71.5 Å². The smallest absolute Gasteiger partial charge is 0.257 e. The van der Waals surface area contributed by atoms with E-state index in [1.165, 1.54) is 0 Å². The van der Waals surface area contributed by atoms with E-state index in [-0.39, 0.29) is 0 Å². The van der Waals surface area contributed by atoms with Crippen LogP contribution in [0, 0.1) is 0 Å². The Balaban J connectivity index is 1.36. The van der Waals surface area contributed by atoms with Gasteiger partial charge in [0.15, 0.2) is 17.3 Å². The van der Waals surface area contributed by atoms with Crippen molar-refractivity contribution in [1.82, 2.24) is 19.9 Å². The molecule has 0 aliphatic heterocycles. The molecule has 0 N–H and O–H groups in total. The average Bonchev–Trinajstić information content (AvgIpc) is 3.46. The Morgan fingerprint density at radius 2 is 1.71 bits per heavy atom. The van der Waals surface area contributed by atoms with E-state index >= 15 is 0 Å². The Kier molecular flexibility index (Phi) is 4.84. The van der Waals surface area contributed by atoms with Gasteiger partial charge >= 0.3 is 0 Å². The number of rotatable bonds is 6. The molecule has 31 heavy (non-hydrogen) atoms. The molecule has 154 valence electrons. The van der Waals surface area contributed by atoms with Crippen LogP contribution in [0.2, 0.25) is 0 Å². The van der Waals surface area contributed by atoms with Crippen LogP contribution in [0.25, 0.3) is 28.0 Å². The highest BCUT2D eigenvalue weighted by atomic mass is 16.5. The second kappa shape index (κ2) is 7.95. The van der Waals surface area contributed by atoms with Gasteiger partial charge < -0.3 is 14.0 Å². The van der Waals surface area contributed by atoms with Gasteiger partial charge in [-0.05, 0) is 48.0 Å². The summed E-state index contributed by atoms with van der Waals surface area (Å²) in [5, 5.41) is 9.72. The van der Waals surface area contributed by atoms with Gasteiger partial charge in [-0.25, -0.2) is 4.68 Å². The van der Waals surface area contributed by atoms with E-state index in [1.54, 1.807) is 14.2 Å². The topological polar surface area (TPSA) is 75.2 Å². The largest absolute Gasteiger partial charge is 0.493 e. The monoisotopic (exact) mass is 412 g/mol. The molecule has 0 spiro atoms. The van der Waals surface area contributed by atoms with E-state index in [4.69, 9.17) is 14.0 Å². The van der Waals surface area contributed by atoms with Crippen LogP contribution in [-0.2, 0) is 6.42 Å². The first-order valence-corrected chi connectivity index (χ1v) is 9.82. The van der Waals surface area contributed by atoms with Crippen LogP contribution >= 0.6 is 0 Å². The maximum absolute atomic E-state index is 5.49. The van der Waals surface area contributed by atoms with Crippen LogP contribution in [-0.4, -0.2) is 34.1 Å². The highest BCUT2D eigenvalue weighted by molar-refractivity contribution is 5.80. The summed E-state index contributed by atoms with van der Waals surface area (Å²) in [5.41, 5.74) is 3.89. The lowest BCUT2D eigenvalue weighted by Crippen LogP contribution is -1.96. The van der Waals surface area contributed by atoms with Crippen molar-refractivity contribution in [1.29, 1.82) is 0 Å². The number of para-hydroxylation sites is 1. The number of aromatic nitrogens is 4. The van der Waals surface area contributed by atoms with Crippen molar-refractivity contribution in [2.75, 3.05) is 14.2 Å². The lowest BCUT2D eigenvalue weighted by molar-refractivity contribution is 0.354. The Labute approximate surface area is 178 Å². The third-order valence-corrected chi connectivity index (χ3v) is 5.11. The van der Waals surface area contributed by atoms with Crippen LogP contribution in [0.5, 0.6) is 11.5 Å². The molecule has 0 amide bonds. The first kappa shape index (κ1) is 18.9. The zero-order valence-electron chi connectivity index (χ0n) is 17.1. The first-order valence-electron chi connectivity index (χ1n) is 9.82. The first-order chi connectivity index (χ1) is 15.2. The van der Waals surface area contributed by atoms with Gasteiger partial charge in [-0.2, -0.15) is 10.1 Å². The highest BCUT2D eigenvalue weighted by Gasteiger charge is 2.12. The predicted molar refractivity (Wildman–Crippen MR) is 117 cm³/mol. The maximum atomic E-state index is 5.49. The molecule has 0 saturated heterocycles. The summed E-state index contributed by atoms with van der Waals surface area (Å²) < 4.78 is 18.0. The summed E-state index contributed by atoms with van der Waals surface area (Å²) in [6, 6.07) is 21.8. The lowest BCUT2D eigenvalue weighted by Gasteiger charge is -2.08. The van der Waals surface area contributed by atoms with Gasteiger partial charge in [-0.15, -0.1) is 0 Å². The summed E-state index contributed by atoms with van der Waals surface area (Å²) in [5.74, 6) is 2.44. The van der Waals surface area contributed by atoms with Gasteiger partial charge in [0.2, 0.25) is 0 Å². The number of fused-ring (bicyclic) bond motifs is 1. The van der Waals surface area contributed by atoms with Crippen molar-refractivity contribution < 1.29 is 14.0 Å². The Hall–Kier alpha value is -4.13. The molecule has 3 aromatic carbocycles. The third kappa shape index (κ3) is 3.61. The van der Waals surface area contributed by atoms with Crippen molar-refractivity contribution >= 4 is 10.9 Å². The number of methoxy groups -OCH3 is 2. The molecule has 0 aliphatic carbocycles. The molecular formula is C24H20N4O3. The molecular weight excluding hydrogens is 392 g/mol. The quantitative estimate of drug-likeness (QED) is 0.403. The van der Waals surface area contributed by atoms with Crippen molar-refractivity contribution in [3.8, 4) is 28.6 Å². The van der Waals surface area contributed by atoms with Crippen LogP contribution in [0.1, 0.15) is 11.4 Å². The Bertz CT molecular complexity index is 1340. The minimum Gasteiger partial charge on any atom is -0.493 e. The van der Waals surface area contributed by atoms with Gasteiger partial charge in [0.1, 0.15) is 0 Å². The van der Waals surface area contributed by atoms with Gasteiger partial charge in [0, 0.05) is 17.4 Å². The molecule has 0 atom stereocenters. The summed E-state index contributed by atoms with van der Waals surface area (Å²) in [4.78, 5) is 4.54. The standard InChI is InChI=1S/C24H20N4O3/c1-29-21-12-7-16(13-22(21)30-2)14-23-26-24(31-27-23)17-8-10-19(11-9-17)28-20-6-4-3-5-18(20)15-25-28/h3-13,15H,14H2,1-2H3. The van der Waals surface area contributed by atoms with E-state index in [0.29, 0.717) is 29.6 Å². The van der Waals surface area contributed by atoms with Crippen molar-refractivity contribution in [2.45, 2.75) is 6.42 Å². The molecule has 0 saturated carbocycles. The SMILES string of the molecule is COc1ccc(Cc2noc(-c3ccc(-n4ncc5ccccc54)cc3)n2)cc1OC. The van der Waals surface area contributed by atoms with Gasteiger partial charge in [0.25, 0.3) is 5.89 Å². The second-order valence-corrected chi connectivity index (χ2v) is 7.04. The number of hydrogen-bond donors (Lipinski definition) is 0.